The van der Waals surface area contributed by atoms with E-state index in [1.54, 1.807) is 5.48 Å². The number of carbonyl (C=O) groups excluding carboxylic acids is 1. The third-order valence-electron chi connectivity index (χ3n) is 5.63. The van der Waals surface area contributed by atoms with Crippen molar-refractivity contribution in [3.8, 4) is 0 Å². The molecule has 7 heteroatoms. The Balaban J connectivity index is 1.51. The van der Waals surface area contributed by atoms with E-state index in [4.69, 9.17) is 5.21 Å². The van der Waals surface area contributed by atoms with Crippen LogP contribution < -0.4 is 10.4 Å². The molecule has 0 saturated heterocycles. The Morgan fingerprint density at radius 2 is 1.77 bits per heavy atom. The van der Waals surface area contributed by atoms with Gasteiger partial charge in [0.15, 0.2) is 0 Å². The average Bonchev–Trinajstić information content (AvgIpc) is 3.12. The van der Waals surface area contributed by atoms with Crippen LogP contribution in [0.2, 0.25) is 0 Å². The Morgan fingerprint density at radius 3 is 2.53 bits per heavy atom. The molecular formula is C23H21N5O2. The molecule has 0 bridgehead atoms. The van der Waals surface area contributed by atoms with Gasteiger partial charge in [-0.2, -0.15) is 0 Å². The molecule has 150 valence electrons. The first-order chi connectivity index (χ1) is 14.7. The number of hydroxylamine groups is 1. The van der Waals surface area contributed by atoms with Crippen LogP contribution in [0.4, 0.5) is 5.95 Å². The van der Waals surface area contributed by atoms with E-state index < -0.39 is 5.91 Å². The molecule has 4 aromatic rings. The number of fused-ring (bicyclic) bond motifs is 3. The number of benzene rings is 2. The van der Waals surface area contributed by atoms with Crippen molar-refractivity contribution in [1.82, 2.24) is 20.0 Å². The Morgan fingerprint density at radius 1 is 1.03 bits per heavy atom. The van der Waals surface area contributed by atoms with Crippen LogP contribution in [-0.2, 0) is 19.5 Å². The van der Waals surface area contributed by atoms with Gasteiger partial charge in [-0.1, -0.05) is 48.5 Å². The minimum atomic E-state index is -0.620. The van der Waals surface area contributed by atoms with Crippen molar-refractivity contribution < 1.29 is 10.0 Å². The summed E-state index contributed by atoms with van der Waals surface area (Å²) in [6.07, 6.45) is 3.77. The topological polar surface area (TPSA) is 83.3 Å². The van der Waals surface area contributed by atoms with Crippen LogP contribution in [0.15, 0.2) is 67.0 Å². The van der Waals surface area contributed by atoms with E-state index in [1.807, 2.05) is 6.07 Å². The molecule has 30 heavy (non-hydrogen) atoms. The third kappa shape index (κ3) is 3.19. The zero-order valence-electron chi connectivity index (χ0n) is 16.3. The van der Waals surface area contributed by atoms with E-state index >= 15 is 0 Å². The number of aromatic nitrogens is 3. The van der Waals surface area contributed by atoms with Crippen molar-refractivity contribution in [1.29, 1.82) is 0 Å². The summed E-state index contributed by atoms with van der Waals surface area (Å²) in [6.45, 7) is 2.31. The number of anilines is 1. The van der Waals surface area contributed by atoms with Crippen LogP contribution in [0.5, 0.6) is 0 Å². The predicted octanol–water partition coefficient (Wildman–Crippen LogP) is 3.16. The molecule has 0 atom stereocenters. The summed E-state index contributed by atoms with van der Waals surface area (Å²) in [6, 6.07) is 19.0. The average molecular weight is 399 g/mol. The molecule has 1 amide bonds. The van der Waals surface area contributed by atoms with Crippen LogP contribution >= 0.6 is 0 Å². The molecule has 1 aliphatic heterocycles. The van der Waals surface area contributed by atoms with Crippen LogP contribution in [0, 0.1) is 0 Å². The van der Waals surface area contributed by atoms with E-state index in [-0.39, 0.29) is 5.56 Å². The van der Waals surface area contributed by atoms with Gasteiger partial charge < -0.3 is 9.47 Å². The van der Waals surface area contributed by atoms with Crippen LogP contribution in [0.1, 0.15) is 27.2 Å². The number of para-hydroxylation sites is 1. The standard InChI is InChI=1S/C23H21N5O2/c29-22(26-30)17-12-24-23(25-13-17)27-11-10-19-18-8-4-5-9-20(18)28(21(19)15-27)14-16-6-2-1-3-7-16/h1-9,12-13,30H,10-11,14-15H2,(H,26,29). The van der Waals surface area contributed by atoms with Crippen molar-refractivity contribution in [2.24, 2.45) is 0 Å². The Labute approximate surface area is 173 Å². The maximum atomic E-state index is 11.5. The second-order valence-electron chi connectivity index (χ2n) is 7.40. The van der Waals surface area contributed by atoms with E-state index in [2.05, 4.69) is 68.0 Å². The van der Waals surface area contributed by atoms with Crippen molar-refractivity contribution in [3.05, 3.63) is 89.4 Å². The van der Waals surface area contributed by atoms with Gasteiger partial charge in [-0.3, -0.25) is 10.0 Å². The highest BCUT2D eigenvalue weighted by atomic mass is 16.5. The molecule has 5 rings (SSSR count). The lowest BCUT2D eigenvalue weighted by Gasteiger charge is -2.28. The fourth-order valence-corrected chi connectivity index (χ4v) is 4.18. The molecular weight excluding hydrogens is 378 g/mol. The lowest BCUT2D eigenvalue weighted by atomic mass is 10.0. The van der Waals surface area contributed by atoms with Gasteiger partial charge in [0.25, 0.3) is 5.91 Å². The Bertz CT molecular complexity index is 1200. The van der Waals surface area contributed by atoms with Crippen molar-refractivity contribution in [2.45, 2.75) is 19.5 Å². The number of nitrogens with zero attached hydrogens (tertiary/aromatic N) is 4. The van der Waals surface area contributed by atoms with Crippen molar-refractivity contribution in [2.75, 3.05) is 11.4 Å². The fourth-order valence-electron chi connectivity index (χ4n) is 4.18. The normalized spacial score (nSPS) is 13.3. The number of carbonyl (C=O) groups is 1. The predicted molar refractivity (Wildman–Crippen MR) is 114 cm³/mol. The van der Waals surface area contributed by atoms with Crippen LogP contribution in [0.3, 0.4) is 0 Å². The molecule has 0 saturated carbocycles. The SMILES string of the molecule is O=C(NO)c1cnc(N2CCc3c(n(Cc4ccccc4)c4ccccc34)C2)nc1. The Kier molecular flexibility index (Phi) is 4.65. The molecule has 0 aliphatic carbocycles. The molecule has 1 aliphatic rings. The molecule has 0 unspecified atom stereocenters. The van der Waals surface area contributed by atoms with Gasteiger partial charge in [0.2, 0.25) is 5.95 Å². The molecule has 7 nitrogen and oxygen atoms in total. The molecule has 2 N–H and O–H groups in total. The molecule has 0 fully saturated rings. The first-order valence-electron chi connectivity index (χ1n) is 9.89. The second kappa shape index (κ2) is 7.61. The maximum Gasteiger partial charge on any atom is 0.277 e. The lowest BCUT2D eigenvalue weighted by molar-refractivity contribution is 0.0705. The smallest absolute Gasteiger partial charge is 0.277 e. The molecule has 2 aromatic heterocycles. The van der Waals surface area contributed by atoms with Gasteiger partial charge in [-0.15, -0.1) is 0 Å². The van der Waals surface area contributed by atoms with E-state index in [1.165, 1.54) is 40.1 Å². The van der Waals surface area contributed by atoms with Gasteiger partial charge in [0.05, 0.1) is 12.1 Å². The van der Waals surface area contributed by atoms with Gasteiger partial charge in [0.1, 0.15) is 0 Å². The van der Waals surface area contributed by atoms with E-state index in [9.17, 15) is 4.79 Å². The summed E-state index contributed by atoms with van der Waals surface area (Å²) >= 11 is 0. The van der Waals surface area contributed by atoms with E-state index in [0.717, 1.165) is 19.5 Å². The van der Waals surface area contributed by atoms with Crippen LogP contribution in [-0.4, -0.2) is 32.2 Å². The molecule has 2 aromatic carbocycles. The number of hydrogen-bond donors (Lipinski definition) is 2. The minimum absolute atomic E-state index is 0.220. The number of rotatable bonds is 4. The quantitative estimate of drug-likeness (QED) is 0.407. The lowest BCUT2D eigenvalue weighted by Crippen LogP contribution is -2.33. The minimum Gasteiger partial charge on any atom is -0.338 e. The van der Waals surface area contributed by atoms with Gasteiger partial charge in [-0.05, 0) is 23.6 Å². The summed E-state index contributed by atoms with van der Waals surface area (Å²) < 4.78 is 2.39. The van der Waals surface area contributed by atoms with Gasteiger partial charge in [0, 0.05) is 42.1 Å². The van der Waals surface area contributed by atoms with Gasteiger partial charge >= 0.3 is 0 Å². The summed E-state index contributed by atoms with van der Waals surface area (Å²) in [5, 5.41) is 10.1. The van der Waals surface area contributed by atoms with Crippen molar-refractivity contribution >= 4 is 22.8 Å². The maximum absolute atomic E-state index is 11.5. The fraction of sp³-hybridized carbons (Fsp3) is 0.174. The number of nitrogens with one attached hydrogen (secondary N) is 1. The highest BCUT2D eigenvalue weighted by Crippen LogP contribution is 2.32. The highest BCUT2D eigenvalue weighted by Gasteiger charge is 2.25. The number of amides is 1. The van der Waals surface area contributed by atoms with E-state index in [0.29, 0.717) is 12.5 Å². The van der Waals surface area contributed by atoms with Gasteiger partial charge in [-0.25, -0.2) is 15.4 Å². The van der Waals surface area contributed by atoms with Crippen LogP contribution in [0.25, 0.3) is 10.9 Å². The summed E-state index contributed by atoms with van der Waals surface area (Å²) in [5.41, 5.74) is 6.97. The zero-order valence-corrected chi connectivity index (χ0v) is 16.3. The second-order valence-corrected chi connectivity index (χ2v) is 7.40. The molecule has 0 spiro atoms. The molecule has 0 radical (unpaired) electrons. The first-order valence-corrected chi connectivity index (χ1v) is 9.89. The third-order valence-corrected chi connectivity index (χ3v) is 5.63. The zero-order chi connectivity index (χ0) is 20.5. The number of hydrogen-bond acceptors (Lipinski definition) is 5. The Hall–Kier alpha value is -3.71. The summed E-state index contributed by atoms with van der Waals surface area (Å²) in [7, 11) is 0. The van der Waals surface area contributed by atoms with Crippen molar-refractivity contribution in [3.63, 3.8) is 0 Å². The largest absolute Gasteiger partial charge is 0.338 e. The summed E-state index contributed by atoms with van der Waals surface area (Å²) in [5.74, 6) is -0.0443. The monoisotopic (exact) mass is 399 g/mol. The highest BCUT2D eigenvalue weighted by molar-refractivity contribution is 5.92. The molecule has 3 heterocycles. The summed E-state index contributed by atoms with van der Waals surface area (Å²) in [4.78, 5) is 22.3. The first kappa shape index (κ1) is 18.3.